The van der Waals surface area contributed by atoms with Gasteiger partial charge in [0, 0.05) is 36.6 Å². The van der Waals surface area contributed by atoms with Crippen molar-refractivity contribution in [2.45, 2.75) is 147 Å². The highest BCUT2D eigenvalue weighted by Crippen LogP contribution is 2.45. The molecule has 4 aromatic carbocycles. The molecule has 10 rings (SSSR count). The van der Waals surface area contributed by atoms with E-state index in [4.69, 9.17) is 34.4 Å². The van der Waals surface area contributed by atoms with Crippen molar-refractivity contribution in [1.29, 1.82) is 0 Å². The Kier molecular flexibility index (Phi) is 20.2. The summed E-state index contributed by atoms with van der Waals surface area (Å²) < 4.78 is 4.86. The third-order valence-electron chi connectivity index (χ3n) is 17.1. The monoisotopic (exact) mass is 1090 g/mol. The van der Waals surface area contributed by atoms with Gasteiger partial charge in [-0.15, -0.1) is 0 Å². The van der Waals surface area contributed by atoms with Crippen LogP contribution in [0.25, 0.3) is 0 Å². The molecule has 2 saturated carbocycles. The van der Waals surface area contributed by atoms with Gasteiger partial charge in [0.15, 0.2) is 10.2 Å². The largest absolute Gasteiger partial charge is 0.362 e. The summed E-state index contributed by atoms with van der Waals surface area (Å²) in [7, 11) is 0. The number of hydrogen-bond acceptors (Lipinski definition) is 4. The number of allylic oxidation sites excluding steroid dienone is 9. The molecule has 4 aliphatic rings. The summed E-state index contributed by atoms with van der Waals surface area (Å²) in [5.41, 5.74) is 11.1. The smallest absolute Gasteiger partial charge is 0.166 e. The SMILES string of the molecule is C/C=C\C=C(/C)C(c1ccccc1)(c1ccccc1)n1cnc2c1CCC(CNC(=S)NC1CCCCC1)C2.C=C(/C=C\C=C/C)C(c1ccccc1)(c1ccccc1)n1cnc2c1CC(CNC(=S)NC1CCCCC1)CC2. The lowest BCUT2D eigenvalue weighted by atomic mass is 9.75. The van der Waals surface area contributed by atoms with Gasteiger partial charge in [-0.05, 0) is 155 Å². The van der Waals surface area contributed by atoms with E-state index in [0.717, 1.165) is 67.4 Å². The molecule has 2 heterocycles. The Hall–Kier alpha value is -6.62. The van der Waals surface area contributed by atoms with Crippen LogP contribution in [0, 0.1) is 11.8 Å². The molecular formula is C69H84N8S2. The van der Waals surface area contributed by atoms with Gasteiger partial charge in [-0.2, -0.15) is 0 Å². The maximum atomic E-state index is 5.70. The number of imidazole rings is 2. The minimum absolute atomic E-state index is 0.473. The Bertz CT molecular complexity index is 2950. The summed E-state index contributed by atoms with van der Waals surface area (Å²) in [6.07, 6.45) is 37.9. The lowest BCUT2D eigenvalue weighted by Crippen LogP contribution is -2.45. The van der Waals surface area contributed by atoms with Crippen LogP contribution in [0.3, 0.4) is 0 Å². The second-order valence-corrected chi connectivity index (χ2v) is 23.1. The molecule has 4 aliphatic carbocycles. The standard InChI is InChI=1S/C35H42N4S.C34H42N4S/c1-3-4-8-15-27(2)35(29-16-9-5-10-17-29,30-18-11-6-12-19-30)39-26-37-32-23-22-28(24-33(32)39)25-36-34(40)38-31-20-13-7-14-21-31;1-3-4-14-26(2)34(28-15-8-5-9-16-28,29-17-10-6-11-18-29)38-25-36-31-23-27(21-22-32(31)38)24-35-33(39)37-30-19-12-7-13-20-30/h3-6,8-12,15-19,26,28,31H,2,7,13-14,20-25H2,1H3,(H2,36,38,40);3-6,8-11,14-18,25,27,30H,7,12-13,19-24H2,1-2H3,(H2,35,37,39)/b4-3-,15-8-;4-3-,26-14+. The summed E-state index contributed by atoms with van der Waals surface area (Å²) in [5, 5.41) is 15.8. The van der Waals surface area contributed by atoms with E-state index in [1.807, 2.05) is 19.3 Å². The fourth-order valence-electron chi connectivity index (χ4n) is 13.0. The van der Waals surface area contributed by atoms with Crippen LogP contribution in [0.2, 0.25) is 0 Å². The normalized spacial score (nSPS) is 18.3. The van der Waals surface area contributed by atoms with Gasteiger partial charge in [-0.3, -0.25) is 0 Å². The molecular weight excluding hydrogens is 1000 g/mol. The second kappa shape index (κ2) is 28.0. The number of rotatable bonds is 17. The highest BCUT2D eigenvalue weighted by molar-refractivity contribution is 7.80. The highest BCUT2D eigenvalue weighted by Gasteiger charge is 2.43. The quantitative estimate of drug-likeness (QED) is 0.0531. The topological polar surface area (TPSA) is 83.8 Å². The van der Waals surface area contributed by atoms with Gasteiger partial charge in [0.05, 0.1) is 24.0 Å². The molecule has 0 bridgehead atoms. The summed E-state index contributed by atoms with van der Waals surface area (Å²) in [6.45, 7) is 12.8. The molecule has 6 aromatic rings. The predicted octanol–water partition coefficient (Wildman–Crippen LogP) is 14.4. The van der Waals surface area contributed by atoms with Gasteiger partial charge in [0.2, 0.25) is 0 Å². The first kappa shape index (κ1) is 57.1. The fourth-order valence-corrected chi connectivity index (χ4v) is 13.5. The lowest BCUT2D eigenvalue weighted by molar-refractivity contribution is 0.399. The summed E-state index contributed by atoms with van der Waals surface area (Å²) in [4.78, 5) is 10.0. The van der Waals surface area contributed by atoms with Crippen molar-refractivity contribution in [3.63, 3.8) is 0 Å². The minimum atomic E-state index is -0.617. The summed E-state index contributed by atoms with van der Waals surface area (Å²) in [5.74, 6) is 1.000. The number of hydrogen-bond donors (Lipinski definition) is 4. The molecule has 0 aliphatic heterocycles. The molecule has 0 radical (unpaired) electrons. The van der Waals surface area contributed by atoms with E-state index in [9.17, 15) is 0 Å². The van der Waals surface area contributed by atoms with Crippen molar-refractivity contribution < 1.29 is 0 Å². The van der Waals surface area contributed by atoms with Crippen molar-refractivity contribution in [1.82, 2.24) is 40.4 Å². The Morgan fingerprint density at radius 3 is 1.48 bits per heavy atom. The first-order valence-corrected chi connectivity index (χ1v) is 30.3. The van der Waals surface area contributed by atoms with Crippen LogP contribution >= 0.6 is 24.4 Å². The molecule has 8 nitrogen and oxygen atoms in total. The van der Waals surface area contributed by atoms with E-state index >= 15 is 0 Å². The van der Waals surface area contributed by atoms with Crippen molar-refractivity contribution in [3.8, 4) is 0 Å². The average Bonchev–Trinajstić information content (AvgIpc) is 4.31. The lowest BCUT2D eigenvalue weighted by Gasteiger charge is -2.40. The highest BCUT2D eigenvalue weighted by atomic mass is 32.1. The zero-order chi connectivity index (χ0) is 54.9. The van der Waals surface area contributed by atoms with Crippen molar-refractivity contribution in [2.75, 3.05) is 13.1 Å². The first-order valence-electron chi connectivity index (χ1n) is 29.5. The van der Waals surface area contributed by atoms with Crippen LogP contribution in [0.5, 0.6) is 0 Å². The number of aromatic nitrogens is 4. The third-order valence-corrected chi connectivity index (χ3v) is 17.6. The number of thiocarbonyl (C=S) groups is 2. The van der Waals surface area contributed by atoms with Gasteiger partial charge >= 0.3 is 0 Å². The molecule has 412 valence electrons. The van der Waals surface area contributed by atoms with Crippen LogP contribution in [0.15, 0.2) is 194 Å². The average molecular weight is 1090 g/mol. The maximum Gasteiger partial charge on any atom is 0.166 e. The maximum absolute atomic E-state index is 5.70. The van der Waals surface area contributed by atoms with E-state index in [-0.39, 0.29) is 0 Å². The van der Waals surface area contributed by atoms with Gasteiger partial charge in [0.25, 0.3) is 0 Å². The van der Waals surface area contributed by atoms with Crippen molar-refractivity contribution in [2.24, 2.45) is 11.8 Å². The molecule has 2 fully saturated rings. The number of aryl methyl sites for hydroxylation is 1. The van der Waals surface area contributed by atoms with E-state index < -0.39 is 11.1 Å². The minimum Gasteiger partial charge on any atom is -0.362 e. The van der Waals surface area contributed by atoms with Gasteiger partial charge in [-0.1, -0.05) is 209 Å². The molecule has 0 amide bonds. The Morgan fingerprint density at radius 1 is 0.544 bits per heavy atom. The van der Waals surface area contributed by atoms with Crippen LogP contribution in [0.1, 0.15) is 143 Å². The van der Waals surface area contributed by atoms with Crippen LogP contribution in [0.4, 0.5) is 0 Å². The molecule has 0 saturated heterocycles. The predicted molar refractivity (Wildman–Crippen MR) is 336 cm³/mol. The van der Waals surface area contributed by atoms with Crippen LogP contribution in [-0.4, -0.2) is 54.5 Å². The van der Waals surface area contributed by atoms with E-state index in [1.54, 1.807) is 0 Å². The van der Waals surface area contributed by atoms with Gasteiger partial charge < -0.3 is 30.4 Å². The second-order valence-electron chi connectivity index (χ2n) is 22.3. The molecule has 4 N–H and O–H groups in total. The van der Waals surface area contributed by atoms with Gasteiger partial charge in [0.1, 0.15) is 11.1 Å². The molecule has 2 aromatic heterocycles. The number of nitrogens with one attached hydrogen (secondary N) is 4. The number of fused-ring (bicyclic) bond motifs is 2. The zero-order valence-corrected chi connectivity index (χ0v) is 48.7. The van der Waals surface area contributed by atoms with E-state index in [0.29, 0.717) is 23.9 Å². The fraction of sp³-hybridized carbons (Fsp3) is 0.391. The van der Waals surface area contributed by atoms with Gasteiger partial charge in [-0.25, -0.2) is 9.97 Å². The summed E-state index contributed by atoms with van der Waals surface area (Å²) in [6, 6.07) is 44.3. The van der Waals surface area contributed by atoms with Crippen molar-refractivity contribution >= 4 is 34.7 Å². The Balaban J connectivity index is 0.000000192. The molecule has 2 atom stereocenters. The molecule has 0 spiro atoms. The number of nitrogens with zero attached hydrogens (tertiary/aromatic N) is 4. The molecule has 2 unspecified atom stereocenters. The first-order chi connectivity index (χ1) is 38.7. The Labute approximate surface area is 483 Å². The third kappa shape index (κ3) is 13.4. The number of benzene rings is 4. The zero-order valence-electron chi connectivity index (χ0n) is 47.1. The Morgan fingerprint density at radius 2 is 0.987 bits per heavy atom. The van der Waals surface area contributed by atoms with Crippen LogP contribution in [-0.2, 0) is 36.8 Å². The van der Waals surface area contributed by atoms with E-state index in [1.165, 1.54) is 115 Å². The van der Waals surface area contributed by atoms with Crippen molar-refractivity contribution in [3.05, 3.63) is 239 Å². The molecule has 79 heavy (non-hydrogen) atoms. The van der Waals surface area contributed by atoms with Crippen LogP contribution < -0.4 is 21.3 Å². The molecule has 10 heteroatoms. The summed E-state index contributed by atoms with van der Waals surface area (Å²) >= 11 is 11.3. The van der Waals surface area contributed by atoms with E-state index in [2.05, 4.69) is 215 Å².